The normalized spacial score (nSPS) is 9.82. The lowest BCUT2D eigenvalue weighted by Crippen LogP contribution is -2.32. The molecule has 1 aromatic carbocycles. The molecular weight excluding hydrogens is 208 g/mol. The summed E-state index contributed by atoms with van der Waals surface area (Å²) in [5, 5.41) is 8.59. The van der Waals surface area contributed by atoms with Crippen LogP contribution in [-0.2, 0) is 0 Å². The maximum absolute atomic E-state index is 8.59. The molecule has 1 rings (SSSR count). The summed E-state index contributed by atoms with van der Waals surface area (Å²) in [4.78, 5) is 2.21. The molecule has 0 bridgehead atoms. The van der Waals surface area contributed by atoms with Crippen molar-refractivity contribution in [3.63, 3.8) is 0 Å². The van der Waals surface area contributed by atoms with Gasteiger partial charge in [-0.1, -0.05) is 30.0 Å². The van der Waals surface area contributed by atoms with Gasteiger partial charge < -0.3 is 0 Å². The fourth-order valence-electron chi connectivity index (χ4n) is 1.48. The highest BCUT2D eigenvalue weighted by atomic mass is 15.1. The summed E-state index contributed by atoms with van der Waals surface area (Å²) in [6, 6.07) is 12.6. The molecule has 0 aliphatic carbocycles. The van der Waals surface area contributed by atoms with Crippen molar-refractivity contribution in [2.75, 3.05) is 13.1 Å². The molecule has 0 saturated carbocycles. The molecule has 0 aromatic heterocycles. The van der Waals surface area contributed by atoms with E-state index in [-0.39, 0.29) is 0 Å². The smallest absolute Gasteiger partial charge is 0.0635 e. The van der Waals surface area contributed by atoms with E-state index in [2.05, 4.69) is 36.7 Å². The van der Waals surface area contributed by atoms with Crippen molar-refractivity contribution >= 4 is 0 Å². The van der Waals surface area contributed by atoms with Crippen molar-refractivity contribution in [3.05, 3.63) is 35.9 Å². The van der Waals surface area contributed by atoms with E-state index in [0.717, 1.165) is 12.1 Å². The van der Waals surface area contributed by atoms with Crippen molar-refractivity contribution in [3.8, 4) is 17.9 Å². The molecule has 0 unspecified atom stereocenters. The Hall–Kier alpha value is -1.77. The molecule has 0 heterocycles. The highest BCUT2D eigenvalue weighted by Gasteiger charge is 2.06. The van der Waals surface area contributed by atoms with E-state index in [1.54, 1.807) is 0 Å². The molecule has 0 saturated heterocycles. The van der Waals surface area contributed by atoms with Crippen molar-refractivity contribution in [2.24, 2.45) is 0 Å². The Bertz CT molecular complexity index is 418. The third kappa shape index (κ3) is 5.20. The van der Waals surface area contributed by atoms with Crippen LogP contribution in [0.15, 0.2) is 30.3 Å². The molecule has 0 spiro atoms. The molecular formula is C15H18N2. The number of hydrogen-bond donors (Lipinski definition) is 0. The van der Waals surface area contributed by atoms with Crippen LogP contribution in [0.2, 0.25) is 0 Å². The van der Waals surface area contributed by atoms with Crippen LogP contribution in [0.3, 0.4) is 0 Å². The maximum Gasteiger partial charge on any atom is 0.0635 e. The van der Waals surface area contributed by atoms with E-state index >= 15 is 0 Å². The highest BCUT2D eigenvalue weighted by molar-refractivity contribution is 5.33. The van der Waals surface area contributed by atoms with Crippen LogP contribution in [0.25, 0.3) is 0 Å². The minimum absolute atomic E-state index is 0.424. The van der Waals surface area contributed by atoms with E-state index in [0.29, 0.717) is 19.0 Å². The zero-order chi connectivity index (χ0) is 12.5. The van der Waals surface area contributed by atoms with E-state index in [9.17, 15) is 0 Å². The summed E-state index contributed by atoms with van der Waals surface area (Å²) in [5.74, 6) is 6.29. The summed E-state index contributed by atoms with van der Waals surface area (Å²) < 4.78 is 0. The molecule has 2 heteroatoms. The molecule has 2 nitrogen and oxygen atoms in total. The molecule has 17 heavy (non-hydrogen) atoms. The lowest BCUT2D eigenvalue weighted by atomic mass is 10.2. The SMILES string of the molecule is CC(C)N(CC#Cc1ccccc1)CCC#N. The van der Waals surface area contributed by atoms with Gasteiger partial charge in [-0.2, -0.15) is 5.26 Å². The van der Waals surface area contributed by atoms with Crippen LogP contribution in [0.4, 0.5) is 0 Å². The summed E-state index contributed by atoms with van der Waals surface area (Å²) in [5.41, 5.74) is 1.04. The third-order valence-corrected chi connectivity index (χ3v) is 2.53. The first kappa shape index (κ1) is 13.3. The van der Waals surface area contributed by atoms with E-state index < -0.39 is 0 Å². The predicted octanol–water partition coefficient (Wildman–Crippen LogP) is 2.66. The van der Waals surface area contributed by atoms with Gasteiger partial charge in [0.15, 0.2) is 0 Å². The van der Waals surface area contributed by atoms with E-state index in [1.807, 2.05) is 30.3 Å². The van der Waals surface area contributed by atoms with Crippen molar-refractivity contribution < 1.29 is 0 Å². The quantitative estimate of drug-likeness (QED) is 0.738. The predicted molar refractivity (Wildman–Crippen MR) is 70.3 cm³/mol. The number of nitrogens with zero attached hydrogens (tertiary/aromatic N) is 2. The van der Waals surface area contributed by atoms with Gasteiger partial charge in [-0.25, -0.2) is 0 Å². The van der Waals surface area contributed by atoms with Gasteiger partial charge in [0.05, 0.1) is 12.6 Å². The van der Waals surface area contributed by atoms with Crippen molar-refractivity contribution in [1.29, 1.82) is 5.26 Å². The van der Waals surface area contributed by atoms with Crippen LogP contribution in [-0.4, -0.2) is 24.0 Å². The van der Waals surface area contributed by atoms with Gasteiger partial charge in [-0.05, 0) is 26.0 Å². The summed E-state index contributed by atoms with van der Waals surface area (Å²) in [6.07, 6.45) is 0.561. The number of benzene rings is 1. The fraction of sp³-hybridized carbons (Fsp3) is 0.400. The second-order valence-corrected chi connectivity index (χ2v) is 4.14. The van der Waals surface area contributed by atoms with Crippen LogP contribution in [0.1, 0.15) is 25.8 Å². The van der Waals surface area contributed by atoms with Gasteiger partial charge in [0.25, 0.3) is 0 Å². The minimum Gasteiger partial charge on any atom is -0.289 e. The molecule has 0 fully saturated rings. The van der Waals surface area contributed by atoms with E-state index in [4.69, 9.17) is 5.26 Å². The van der Waals surface area contributed by atoms with Crippen molar-refractivity contribution in [1.82, 2.24) is 4.90 Å². The lowest BCUT2D eigenvalue weighted by molar-refractivity contribution is 0.255. The lowest BCUT2D eigenvalue weighted by Gasteiger charge is -2.22. The fourth-order valence-corrected chi connectivity index (χ4v) is 1.48. The van der Waals surface area contributed by atoms with E-state index in [1.165, 1.54) is 0 Å². The second-order valence-electron chi connectivity index (χ2n) is 4.14. The first-order valence-corrected chi connectivity index (χ1v) is 5.89. The molecule has 1 aromatic rings. The minimum atomic E-state index is 0.424. The van der Waals surface area contributed by atoms with Gasteiger partial charge in [0, 0.05) is 24.6 Å². The molecule has 88 valence electrons. The number of hydrogen-bond acceptors (Lipinski definition) is 2. The van der Waals surface area contributed by atoms with Gasteiger partial charge in [-0.15, -0.1) is 0 Å². The molecule has 0 radical (unpaired) electrons. The third-order valence-electron chi connectivity index (χ3n) is 2.53. The van der Waals surface area contributed by atoms with Crippen molar-refractivity contribution in [2.45, 2.75) is 26.3 Å². The maximum atomic E-state index is 8.59. The Kier molecular flexibility index (Phi) is 5.86. The van der Waals surface area contributed by atoms with Gasteiger partial charge >= 0.3 is 0 Å². The first-order valence-electron chi connectivity index (χ1n) is 5.89. The zero-order valence-electron chi connectivity index (χ0n) is 10.5. The Balaban J connectivity index is 2.53. The zero-order valence-corrected chi connectivity index (χ0v) is 10.5. The summed E-state index contributed by atoms with van der Waals surface area (Å²) in [6.45, 7) is 5.76. The molecule has 0 aliphatic heterocycles. The van der Waals surface area contributed by atoms with Crippen LogP contribution in [0, 0.1) is 23.2 Å². The van der Waals surface area contributed by atoms with Crippen LogP contribution in [0.5, 0.6) is 0 Å². The Morgan fingerprint density at radius 3 is 2.53 bits per heavy atom. The second kappa shape index (κ2) is 7.49. The van der Waals surface area contributed by atoms with Gasteiger partial charge in [0.2, 0.25) is 0 Å². The van der Waals surface area contributed by atoms with Crippen LogP contribution < -0.4 is 0 Å². The van der Waals surface area contributed by atoms with Crippen LogP contribution >= 0.6 is 0 Å². The van der Waals surface area contributed by atoms with Gasteiger partial charge in [-0.3, -0.25) is 4.90 Å². The summed E-state index contributed by atoms with van der Waals surface area (Å²) in [7, 11) is 0. The topological polar surface area (TPSA) is 27.0 Å². The largest absolute Gasteiger partial charge is 0.289 e. The monoisotopic (exact) mass is 226 g/mol. The Labute approximate surface area is 104 Å². The number of nitriles is 1. The number of rotatable bonds is 4. The Morgan fingerprint density at radius 1 is 1.24 bits per heavy atom. The Morgan fingerprint density at radius 2 is 1.94 bits per heavy atom. The van der Waals surface area contributed by atoms with Gasteiger partial charge in [0.1, 0.15) is 0 Å². The first-order chi connectivity index (χ1) is 8.24. The molecule has 0 aliphatic rings. The molecule has 0 amide bonds. The summed E-state index contributed by atoms with van der Waals surface area (Å²) >= 11 is 0. The standard InChI is InChI=1S/C15H18N2/c1-14(2)17(13-7-11-16)12-6-10-15-8-4-3-5-9-15/h3-5,8-9,14H,7,12-13H2,1-2H3. The molecule has 0 N–H and O–H groups in total. The average molecular weight is 226 g/mol. The average Bonchev–Trinajstić information content (AvgIpc) is 2.34. The molecule has 0 atom stereocenters. The highest BCUT2D eigenvalue weighted by Crippen LogP contribution is 1.99.